The first-order valence-electron chi connectivity index (χ1n) is 5.87. The maximum absolute atomic E-state index is 14.2. The molecule has 0 nitrogen and oxygen atoms in total. The van der Waals surface area contributed by atoms with Gasteiger partial charge in [-0.2, -0.15) is 48.3 Å². The summed E-state index contributed by atoms with van der Waals surface area (Å²) in [5.74, 6) is -7.64. The van der Waals surface area contributed by atoms with Crippen LogP contribution < -0.4 is 0 Å². The molecule has 0 aliphatic heterocycles. The fraction of sp³-hybridized carbons (Fsp3) is 0.500. The molecule has 1 atom stereocenters. The van der Waals surface area contributed by atoms with E-state index >= 15 is 0 Å². The summed E-state index contributed by atoms with van der Waals surface area (Å²) >= 11 is 0. The van der Waals surface area contributed by atoms with Gasteiger partial charge in [0.2, 0.25) is 0 Å². The van der Waals surface area contributed by atoms with Crippen LogP contribution in [0.1, 0.15) is 5.56 Å². The van der Waals surface area contributed by atoms with E-state index in [9.17, 15) is 57.1 Å². The smallest absolute Gasteiger partial charge is 0.221 e. The predicted octanol–water partition coefficient (Wildman–Crippen LogP) is 5.88. The highest BCUT2D eigenvalue weighted by Crippen LogP contribution is 2.64. The highest BCUT2D eigenvalue weighted by molar-refractivity contribution is 5.31. The first-order valence-corrected chi connectivity index (χ1v) is 5.87. The Morgan fingerprint density at radius 2 is 0.840 bits per heavy atom. The lowest BCUT2D eigenvalue weighted by molar-refractivity contribution is -0.439. The van der Waals surface area contributed by atoms with E-state index in [0.717, 1.165) is 6.07 Å². The van der Waals surface area contributed by atoms with E-state index in [2.05, 4.69) is 0 Å². The van der Waals surface area contributed by atoms with Gasteiger partial charge in [0.05, 0.1) is 0 Å². The summed E-state index contributed by atoms with van der Waals surface area (Å²) in [6.45, 7) is 0. The molecule has 1 aromatic carbocycles. The van der Waals surface area contributed by atoms with Crippen LogP contribution >= 0.6 is 0 Å². The minimum absolute atomic E-state index is 0.144. The standard InChI is InChI=1S/C12H5F13/c13-7(10(17,18)19,6-4-2-1-3-5-6)9(15,16)8(14,11(20,21)22)12(23,24)25/h1-5H. The molecule has 1 rings (SSSR count). The van der Waals surface area contributed by atoms with Gasteiger partial charge >= 0.3 is 30.1 Å². The van der Waals surface area contributed by atoms with Gasteiger partial charge in [0.1, 0.15) is 0 Å². The van der Waals surface area contributed by atoms with Crippen molar-refractivity contribution in [3.8, 4) is 0 Å². The molecule has 1 aromatic rings. The van der Waals surface area contributed by atoms with Crippen molar-refractivity contribution >= 4 is 0 Å². The van der Waals surface area contributed by atoms with Crippen molar-refractivity contribution in [2.24, 2.45) is 0 Å². The topological polar surface area (TPSA) is 0 Å². The first kappa shape index (κ1) is 21.4. The zero-order valence-corrected chi connectivity index (χ0v) is 11.3. The number of halogens is 13. The van der Waals surface area contributed by atoms with Gasteiger partial charge in [-0.05, 0) is 0 Å². The Balaban J connectivity index is 3.91. The second kappa shape index (κ2) is 5.66. The second-order valence-electron chi connectivity index (χ2n) is 4.75. The Morgan fingerprint density at radius 1 is 0.480 bits per heavy atom. The molecule has 13 heteroatoms. The van der Waals surface area contributed by atoms with E-state index in [0.29, 0.717) is 12.1 Å². The molecule has 0 aliphatic rings. The summed E-state index contributed by atoms with van der Waals surface area (Å²) in [4.78, 5) is 0. The van der Waals surface area contributed by atoms with Crippen molar-refractivity contribution in [1.82, 2.24) is 0 Å². The predicted molar refractivity (Wildman–Crippen MR) is 56.2 cm³/mol. The monoisotopic (exact) mass is 396 g/mol. The van der Waals surface area contributed by atoms with E-state index in [1.54, 1.807) is 0 Å². The van der Waals surface area contributed by atoms with Crippen LogP contribution in [0.15, 0.2) is 30.3 Å². The van der Waals surface area contributed by atoms with E-state index < -0.39 is 41.4 Å². The molecule has 0 bridgehead atoms. The second-order valence-corrected chi connectivity index (χ2v) is 4.75. The third kappa shape index (κ3) is 2.80. The summed E-state index contributed by atoms with van der Waals surface area (Å²) in [5.41, 5.74) is -16.8. The molecule has 0 spiro atoms. The van der Waals surface area contributed by atoms with Crippen molar-refractivity contribution in [3.05, 3.63) is 35.9 Å². The van der Waals surface area contributed by atoms with Gasteiger partial charge in [-0.25, -0.2) is 8.78 Å². The van der Waals surface area contributed by atoms with Crippen LogP contribution in [0.3, 0.4) is 0 Å². The van der Waals surface area contributed by atoms with Gasteiger partial charge in [-0.1, -0.05) is 30.3 Å². The van der Waals surface area contributed by atoms with Crippen molar-refractivity contribution in [2.75, 3.05) is 0 Å². The summed E-state index contributed by atoms with van der Waals surface area (Å²) < 4.78 is 168. The fourth-order valence-corrected chi connectivity index (χ4v) is 1.94. The van der Waals surface area contributed by atoms with Crippen LogP contribution in [0.25, 0.3) is 0 Å². The highest BCUT2D eigenvalue weighted by Gasteiger charge is 2.93. The summed E-state index contributed by atoms with van der Waals surface area (Å²) in [5, 5.41) is 0. The van der Waals surface area contributed by atoms with Gasteiger partial charge in [-0.3, -0.25) is 0 Å². The molecule has 0 aromatic heterocycles. The maximum atomic E-state index is 14.2. The molecule has 25 heavy (non-hydrogen) atoms. The minimum Gasteiger partial charge on any atom is -0.221 e. The molecule has 0 fully saturated rings. The lowest BCUT2D eigenvalue weighted by Crippen LogP contribution is -2.72. The van der Waals surface area contributed by atoms with Gasteiger partial charge in [0, 0.05) is 5.56 Å². The zero-order chi connectivity index (χ0) is 20.1. The Kier molecular flexibility index (Phi) is 4.83. The Bertz CT molecular complexity index is 580. The van der Waals surface area contributed by atoms with Gasteiger partial charge in [0.15, 0.2) is 0 Å². The van der Waals surface area contributed by atoms with Crippen molar-refractivity contribution in [3.63, 3.8) is 0 Å². The minimum atomic E-state index is -7.81. The van der Waals surface area contributed by atoms with Crippen LogP contribution in [-0.2, 0) is 5.67 Å². The van der Waals surface area contributed by atoms with Crippen molar-refractivity contribution in [1.29, 1.82) is 0 Å². The van der Waals surface area contributed by atoms with Crippen LogP contribution in [0.5, 0.6) is 0 Å². The van der Waals surface area contributed by atoms with E-state index in [1.165, 1.54) is 0 Å². The fourth-order valence-electron chi connectivity index (χ4n) is 1.94. The Hall–Kier alpha value is -1.69. The zero-order valence-electron chi connectivity index (χ0n) is 11.3. The number of alkyl halides is 13. The molecule has 0 N–H and O–H groups in total. The molecule has 0 aliphatic carbocycles. The SMILES string of the molecule is FC(F)(F)C(F)(c1ccccc1)C(F)(F)C(F)(C(F)(F)F)C(F)(F)F. The lowest BCUT2D eigenvalue weighted by atomic mass is 9.78. The summed E-state index contributed by atoms with van der Waals surface area (Å²) in [6.07, 6.45) is -22.2. The quantitative estimate of drug-likeness (QED) is 0.560. The lowest BCUT2D eigenvalue weighted by Gasteiger charge is -2.43. The summed E-state index contributed by atoms with van der Waals surface area (Å²) in [7, 11) is 0. The average Bonchev–Trinajstić information content (AvgIpc) is 2.42. The molecule has 1 unspecified atom stereocenters. The van der Waals surface area contributed by atoms with Gasteiger partial charge in [0.25, 0.3) is 5.67 Å². The molecule has 0 amide bonds. The van der Waals surface area contributed by atoms with E-state index in [4.69, 9.17) is 0 Å². The van der Waals surface area contributed by atoms with Crippen LogP contribution in [0.4, 0.5) is 57.1 Å². The van der Waals surface area contributed by atoms with Gasteiger partial charge in [-0.15, -0.1) is 0 Å². The molecular formula is C12H5F13. The molecule has 0 radical (unpaired) electrons. The largest absolute Gasteiger partial charge is 0.437 e. The summed E-state index contributed by atoms with van der Waals surface area (Å²) in [6, 6.07) is 1.40. The molecule has 0 heterocycles. The third-order valence-corrected chi connectivity index (χ3v) is 3.21. The molecular weight excluding hydrogens is 391 g/mol. The third-order valence-electron chi connectivity index (χ3n) is 3.21. The number of rotatable bonds is 3. The Morgan fingerprint density at radius 3 is 1.12 bits per heavy atom. The van der Waals surface area contributed by atoms with Crippen LogP contribution in [0, 0.1) is 0 Å². The van der Waals surface area contributed by atoms with Crippen molar-refractivity contribution < 1.29 is 57.1 Å². The van der Waals surface area contributed by atoms with E-state index in [-0.39, 0.29) is 12.1 Å². The first-order chi connectivity index (χ1) is 10.9. The average molecular weight is 396 g/mol. The normalized spacial score (nSPS) is 17.3. The molecule has 0 saturated heterocycles. The van der Waals surface area contributed by atoms with Gasteiger partial charge < -0.3 is 0 Å². The number of hydrogen-bond donors (Lipinski definition) is 0. The maximum Gasteiger partial charge on any atom is 0.437 e. The number of hydrogen-bond acceptors (Lipinski definition) is 0. The molecule has 144 valence electrons. The number of benzene rings is 1. The van der Waals surface area contributed by atoms with E-state index in [1.807, 2.05) is 0 Å². The highest BCUT2D eigenvalue weighted by atomic mass is 19.4. The van der Waals surface area contributed by atoms with Crippen LogP contribution in [0.2, 0.25) is 0 Å². The Labute approximate surface area is 130 Å². The molecule has 0 saturated carbocycles. The van der Waals surface area contributed by atoms with Crippen LogP contribution in [-0.4, -0.2) is 30.1 Å². The van der Waals surface area contributed by atoms with Crippen molar-refractivity contribution in [2.45, 2.75) is 35.8 Å².